The van der Waals surface area contributed by atoms with Gasteiger partial charge in [-0.3, -0.25) is 14.4 Å². The predicted octanol–water partition coefficient (Wildman–Crippen LogP) is 5.80. The molecule has 0 N–H and O–H groups in total. The van der Waals surface area contributed by atoms with Gasteiger partial charge in [-0.25, -0.2) is 0 Å². The summed E-state index contributed by atoms with van der Waals surface area (Å²) in [5.41, 5.74) is 1.25. The van der Waals surface area contributed by atoms with Crippen molar-refractivity contribution in [2.24, 2.45) is 5.92 Å². The molecule has 0 aromatic heterocycles. The van der Waals surface area contributed by atoms with Crippen LogP contribution in [0.4, 0.5) is 0 Å². The number of hydrogen-bond acceptors (Lipinski definition) is 6. The standard InChI is InChI=1S/C25H40O6/c1-5-6-9-12-22(30-19(2)26)17-15-21-16-18-24(31-20(3)27)23(21)13-10-7-8-11-14-25(28)29-4/h15,17,23-24H,5-14,16,18H2,1-4H3/t23-,24-/m1/s1. The van der Waals surface area contributed by atoms with Gasteiger partial charge in [-0.15, -0.1) is 0 Å². The highest BCUT2D eigenvalue weighted by Crippen LogP contribution is 2.37. The maximum absolute atomic E-state index is 11.5. The molecule has 1 rings (SSSR count). The summed E-state index contributed by atoms with van der Waals surface area (Å²) in [4.78, 5) is 34.2. The van der Waals surface area contributed by atoms with E-state index < -0.39 is 0 Å². The Balaban J connectivity index is 2.73. The molecule has 1 saturated carbocycles. The molecule has 0 bridgehead atoms. The topological polar surface area (TPSA) is 78.9 Å². The molecule has 0 spiro atoms. The molecular formula is C25H40O6. The molecule has 0 aromatic rings. The first-order valence-corrected chi connectivity index (χ1v) is 11.7. The molecule has 0 radical (unpaired) electrons. The first kappa shape index (κ1) is 26.9. The van der Waals surface area contributed by atoms with E-state index in [1.54, 1.807) is 0 Å². The van der Waals surface area contributed by atoms with Crippen LogP contribution in [0.5, 0.6) is 0 Å². The minimum atomic E-state index is -0.297. The van der Waals surface area contributed by atoms with E-state index in [0.29, 0.717) is 12.2 Å². The van der Waals surface area contributed by atoms with Crippen LogP contribution in [0.25, 0.3) is 0 Å². The Labute approximate surface area is 187 Å². The molecule has 0 unspecified atom stereocenters. The summed E-state index contributed by atoms with van der Waals surface area (Å²) in [5.74, 6) is 0.185. The number of esters is 3. The number of unbranched alkanes of at least 4 members (excludes halogenated alkanes) is 5. The van der Waals surface area contributed by atoms with Crippen LogP contribution in [0, 0.1) is 5.92 Å². The molecule has 1 aliphatic carbocycles. The average Bonchev–Trinajstić information content (AvgIpc) is 3.08. The van der Waals surface area contributed by atoms with Crippen molar-refractivity contribution in [1.29, 1.82) is 0 Å². The van der Waals surface area contributed by atoms with Crippen molar-refractivity contribution >= 4 is 17.9 Å². The Bertz CT molecular complexity index is 634. The van der Waals surface area contributed by atoms with Crippen molar-refractivity contribution in [2.45, 2.75) is 104 Å². The zero-order valence-corrected chi connectivity index (χ0v) is 19.7. The Morgan fingerprint density at radius 2 is 1.68 bits per heavy atom. The molecule has 0 aromatic carbocycles. The fraction of sp³-hybridized carbons (Fsp3) is 0.720. The molecule has 6 nitrogen and oxygen atoms in total. The molecule has 2 atom stereocenters. The van der Waals surface area contributed by atoms with Crippen molar-refractivity contribution in [3.8, 4) is 0 Å². The minimum absolute atomic E-state index is 0.0931. The van der Waals surface area contributed by atoms with Crippen LogP contribution in [-0.2, 0) is 28.6 Å². The number of hydrogen-bond donors (Lipinski definition) is 0. The summed E-state index contributed by atoms with van der Waals surface area (Å²) in [7, 11) is 1.41. The van der Waals surface area contributed by atoms with Crippen LogP contribution in [-0.4, -0.2) is 31.1 Å². The highest BCUT2D eigenvalue weighted by Gasteiger charge is 2.33. The van der Waals surface area contributed by atoms with Crippen molar-refractivity contribution < 1.29 is 28.6 Å². The summed E-state index contributed by atoms with van der Waals surface area (Å²) in [6, 6.07) is 0. The van der Waals surface area contributed by atoms with Gasteiger partial charge < -0.3 is 14.2 Å². The summed E-state index contributed by atoms with van der Waals surface area (Å²) in [5, 5.41) is 0. The third kappa shape index (κ3) is 11.7. The fourth-order valence-electron chi connectivity index (χ4n) is 4.06. The normalized spacial score (nSPS) is 20.0. The molecular weight excluding hydrogens is 396 g/mol. The van der Waals surface area contributed by atoms with Crippen LogP contribution in [0.1, 0.15) is 97.8 Å². The second-order valence-corrected chi connectivity index (χ2v) is 8.25. The average molecular weight is 437 g/mol. The van der Waals surface area contributed by atoms with E-state index in [4.69, 9.17) is 9.47 Å². The first-order valence-electron chi connectivity index (χ1n) is 11.7. The minimum Gasteiger partial charge on any atom is -0.469 e. The van der Waals surface area contributed by atoms with E-state index in [0.717, 1.165) is 70.6 Å². The molecule has 6 heteroatoms. The Morgan fingerprint density at radius 3 is 2.32 bits per heavy atom. The summed E-state index contributed by atoms with van der Waals surface area (Å²) in [6.07, 6.45) is 14.8. The van der Waals surface area contributed by atoms with Crippen molar-refractivity contribution in [2.75, 3.05) is 7.11 Å². The smallest absolute Gasteiger partial charge is 0.307 e. The quantitative estimate of drug-likeness (QED) is 0.148. The largest absolute Gasteiger partial charge is 0.469 e. The monoisotopic (exact) mass is 436 g/mol. The molecule has 0 aliphatic heterocycles. The summed E-state index contributed by atoms with van der Waals surface area (Å²) in [6.45, 7) is 5.03. The predicted molar refractivity (Wildman–Crippen MR) is 120 cm³/mol. The second kappa shape index (κ2) is 15.7. The van der Waals surface area contributed by atoms with Gasteiger partial charge in [-0.05, 0) is 38.2 Å². The molecule has 0 amide bonds. The number of carbonyl (C=O) groups is 3. The van der Waals surface area contributed by atoms with E-state index in [1.165, 1.54) is 26.5 Å². The van der Waals surface area contributed by atoms with Crippen molar-refractivity contribution in [3.63, 3.8) is 0 Å². The van der Waals surface area contributed by atoms with Gasteiger partial charge in [0.1, 0.15) is 11.9 Å². The Kier molecular flexibility index (Phi) is 13.6. The van der Waals surface area contributed by atoms with E-state index in [-0.39, 0.29) is 29.9 Å². The van der Waals surface area contributed by atoms with Crippen molar-refractivity contribution in [3.05, 3.63) is 23.5 Å². The van der Waals surface area contributed by atoms with Gasteiger partial charge in [0.25, 0.3) is 0 Å². The van der Waals surface area contributed by atoms with Gasteiger partial charge in [0.15, 0.2) is 0 Å². The highest BCUT2D eigenvalue weighted by molar-refractivity contribution is 5.69. The molecule has 0 heterocycles. The second-order valence-electron chi connectivity index (χ2n) is 8.25. The van der Waals surface area contributed by atoms with Crippen LogP contribution in [0.15, 0.2) is 23.5 Å². The van der Waals surface area contributed by atoms with Crippen molar-refractivity contribution in [1.82, 2.24) is 0 Å². The van der Waals surface area contributed by atoms with Crippen LogP contribution < -0.4 is 0 Å². The van der Waals surface area contributed by atoms with Gasteiger partial charge in [0.05, 0.1) is 7.11 Å². The number of allylic oxidation sites excluding steroid dienone is 3. The lowest BCUT2D eigenvalue weighted by Crippen LogP contribution is -2.21. The maximum atomic E-state index is 11.5. The lowest BCUT2D eigenvalue weighted by Gasteiger charge is -2.20. The van der Waals surface area contributed by atoms with E-state index in [2.05, 4.69) is 17.7 Å². The molecule has 1 aliphatic rings. The van der Waals surface area contributed by atoms with E-state index in [1.807, 2.05) is 6.08 Å². The number of ether oxygens (including phenoxy) is 3. The summed E-state index contributed by atoms with van der Waals surface area (Å²) >= 11 is 0. The third-order valence-electron chi connectivity index (χ3n) is 5.62. The van der Waals surface area contributed by atoms with E-state index >= 15 is 0 Å². The Hall–Kier alpha value is -2.11. The first-order chi connectivity index (χ1) is 14.9. The lowest BCUT2D eigenvalue weighted by atomic mass is 9.93. The zero-order valence-electron chi connectivity index (χ0n) is 19.7. The molecule has 31 heavy (non-hydrogen) atoms. The van der Waals surface area contributed by atoms with Crippen LogP contribution in [0.2, 0.25) is 0 Å². The molecule has 0 saturated heterocycles. The molecule has 176 valence electrons. The fourth-order valence-corrected chi connectivity index (χ4v) is 4.06. The lowest BCUT2D eigenvalue weighted by molar-refractivity contribution is -0.147. The third-order valence-corrected chi connectivity index (χ3v) is 5.62. The number of methoxy groups -OCH3 is 1. The van der Waals surface area contributed by atoms with Gasteiger partial charge in [-0.2, -0.15) is 0 Å². The van der Waals surface area contributed by atoms with Crippen LogP contribution >= 0.6 is 0 Å². The Morgan fingerprint density at radius 1 is 0.968 bits per heavy atom. The van der Waals surface area contributed by atoms with Gasteiger partial charge in [0.2, 0.25) is 0 Å². The zero-order chi connectivity index (χ0) is 23.1. The SMILES string of the molecule is CCCCCC(=CC=C1CC[C@@H](OC(C)=O)[C@@H]1CCCCCCC(=O)OC)OC(C)=O. The van der Waals surface area contributed by atoms with Crippen LogP contribution in [0.3, 0.4) is 0 Å². The van der Waals surface area contributed by atoms with Gasteiger partial charge >= 0.3 is 17.9 Å². The maximum Gasteiger partial charge on any atom is 0.307 e. The summed E-state index contributed by atoms with van der Waals surface area (Å²) < 4.78 is 15.6. The molecule has 1 fully saturated rings. The highest BCUT2D eigenvalue weighted by atomic mass is 16.5. The van der Waals surface area contributed by atoms with E-state index in [9.17, 15) is 14.4 Å². The number of rotatable bonds is 14. The van der Waals surface area contributed by atoms with Gasteiger partial charge in [-0.1, -0.05) is 50.7 Å². The number of carbonyl (C=O) groups excluding carboxylic acids is 3. The van der Waals surface area contributed by atoms with Gasteiger partial charge in [0, 0.05) is 32.6 Å².